The molecule has 106 valence electrons. The molecule has 0 heterocycles. The van der Waals surface area contributed by atoms with Crippen LogP contribution in [0.1, 0.15) is 45.1 Å². The van der Waals surface area contributed by atoms with Crippen LogP contribution in [0.15, 0.2) is 18.2 Å². The molecule has 0 N–H and O–H groups in total. The van der Waals surface area contributed by atoms with E-state index in [4.69, 9.17) is 0 Å². The minimum atomic E-state index is -0.432. The maximum atomic E-state index is 13.7. The molecule has 3 heteroatoms. The standard InChI is InChI=1S/C16H21BrF2/c1-16(2)9-4-3-6-12(16)13(17)10-11-14(18)7-5-8-15(11)19/h5,7-8,12-13H,3-4,6,9-10H2,1-2H3. The van der Waals surface area contributed by atoms with Crippen molar-refractivity contribution < 1.29 is 8.78 Å². The van der Waals surface area contributed by atoms with Crippen molar-refractivity contribution in [2.45, 2.75) is 50.8 Å². The second kappa shape index (κ2) is 5.90. The lowest BCUT2D eigenvalue weighted by Gasteiger charge is -2.41. The summed E-state index contributed by atoms with van der Waals surface area (Å²) in [5.74, 6) is -0.392. The van der Waals surface area contributed by atoms with Crippen LogP contribution < -0.4 is 0 Å². The first-order valence-electron chi connectivity index (χ1n) is 6.99. The van der Waals surface area contributed by atoms with Crippen molar-refractivity contribution in [3.05, 3.63) is 35.4 Å². The lowest BCUT2D eigenvalue weighted by Crippen LogP contribution is -2.35. The van der Waals surface area contributed by atoms with Crippen molar-refractivity contribution in [1.29, 1.82) is 0 Å². The molecule has 0 aromatic heterocycles. The number of rotatable bonds is 3. The maximum absolute atomic E-state index is 13.7. The van der Waals surface area contributed by atoms with Gasteiger partial charge >= 0.3 is 0 Å². The van der Waals surface area contributed by atoms with Gasteiger partial charge in [0.05, 0.1) is 0 Å². The van der Waals surface area contributed by atoms with Gasteiger partial charge in [-0.15, -0.1) is 0 Å². The molecule has 2 atom stereocenters. The molecule has 2 unspecified atom stereocenters. The molecule has 0 bridgehead atoms. The quantitative estimate of drug-likeness (QED) is 0.643. The Hall–Kier alpha value is -0.440. The SMILES string of the molecule is CC1(C)CCCCC1C(Br)Cc1c(F)cccc1F. The Kier molecular flexibility index (Phi) is 4.65. The summed E-state index contributed by atoms with van der Waals surface area (Å²) in [7, 11) is 0. The minimum Gasteiger partial charge on any atom is -0.207 e. The highest BCUT2D eigenvalue weighted by atomic mass is 79.9. The Balaban J connectivity index is 2.14. The van der Waals surface area contributed by atoms with Gasteiger partial charge in [-0.25, -0.2) is 8.78 Å². The average molecular weight is 331 g/mol. The van der Waals surface area contributed by atoms with Gasteiger partial charge in [0.25, 0.3) is 0 Å². The molecule has 0 saturated heterocycles. The van der Waals surface area contributed by atoms with Gasteiger partial charge in [-0.2, -0.15) is 0 Å². The predicted molar refractivity (Wildman–Crippen MR) is 78.5 cm³/mol. The lowest BCUT2D eigenvalue weighted by atomic mass is 9.67. The minimum absolute atomic E-state index is 0.134. The second-order valence-corrected chi connectivity index (χ2v) is 7.44. The fourth-order valence-corrected chi connectivity index (χ4v) is 4.56. The molecule has 1 fully saturated rings. The summed E-state index contributed by atoms with van der Waals surface area (Å²) >= 11 is 3.69. The van der Waals surface area contributed by atoms with Crippen LogP contribution in [-0.2, 0) is 6.42 Å². The van der Waals surface area contributed by atoms with Crippen LogP contribution in [0.25, 0.3) is 0 Å². The first-order chi connectivity index (χ1) is 8.92. The summed E-state index contributed by atoms with van der Waals surface area (Å²) in [6.07, 6.45) is 5.23. The molecule has 1 saturated carbocycles. The lowest BCUT2D eigenvalue weighted by molar-refractivity contribution is 0.136. The Bertz CT molecular complexity index is 422. The second-order valence-electron chi connectivity index (χ2n) is 6.26. The van der Waals surface area contributed by atoms with Crippen LogP contribution in [0.4, 0.5) is 8.78 Å². The maximum Gasteiger partial charge on any atom is 0.129 e. The topological polar surface area (TPSA) is 0 Å². The summed E-state index contributed by atoms with van der Waals surface area (Å²) in [6.45, 7) is 4.53. The third-order valence-corrected chi connectivity index (χ3v) is 5.45. The summed E-state index contributed by atoms with van der Waals surface area (Å²) in [5, 5.41) is 0. The Morgan fingerprint density at radius 1 is 1.26 bits per heavy atom. The Labute approximate surface area is 122 Å². The molecule has 0 radical (unpaired) electrons. The number of hydrogen-bond acceptors (Lipinski definition) is 0. The van der Waals surface area contributed by atoms with E-state index in [1.165, 1.54) is 37.5 Å². The zero-order chi connectivity index (χ0) is 14.0. The van der Waals surface area contributed by atoms with Gasteiger partial charge in [-0.05, 0) is 42.7 Å². The van der Waals surface area contributed by atoms with Crippen molar-refractivity contribution in [2.75, 3.05) is 0 Å². The van der Waals surface area contributed by atoms with Gasteiger partial charge in [0, 0.05) is 10.4 Å². The fourth-order valence-electron chi connectivity index (χ4n) is 3.26. The molecule has 0 spiro atoms. The molecular weight excluding hydrogens is 310 g/mol. The summed E-state index contributed by atoms with van der Waals surface area (Å²) < 4.78 is 27.4. The van der Waals surface area contributed by atoms with Crippen LogP contribution in [-0.4, -0.2) is 4.83 Å². The highest BCUT2D eigenvalue weighted by molar-refractivity contribution is 9.09. The van der Waals surface area contributed by atoms with E-state index in [9.17, 15) is 8.78 Å². The van der Waals surface area contributed by atoms with Gasteiger partial charge in [-0.3, -0.25) is 0 Å². The van der Waals surface area contributed by atoms with E-state index >= 15 is 0 Å². The van der Waals surface area contributed by atoms with Gasteiger partial charge in [0.15, 0.2) is 0 Å². The number of alkyl halides is 1. The van der Waals surface area contributed by atoms with Crippen LogP contribution in [0.2, 0.25) is 0 Å². The van der Waals surface area contributed by atoms with E-state index in [2.05, 4.69) is 29.8 Å². The number of benzene rings is 1. The van der Waals surface area contributed by atoms with Crippen LogP contribution >= 0.6 is 15.9 Å². The van der Waals surface area contributed by atoms with Crippen LogP contribution in [0, 0.1) is 23.0 Å². The van der Waals surface area contributed by atoms with E-state index in [-0.39, 0.29) is 15.8 Å². The van der Waals surface area contributed by atoms with Gasteiger partial charge < -0.3 is 0 Å². The van der Waals surface area contributed by atoms with Crippen molar-refractivity contribution in [3.63, 3.8) is 0 Å². The van der Waals surface area contributed by atoms with E-state index in [0.717, 1.165) is 6.42 Å². The molecule has 0 nitrogen and oxygen atoms in total. The number of halogens is 3. The van der Waals surface area contributed by atoms with Crippen LogP contribution in [0.5, 0.6) is 0 Å². The van der Waals surface area contributed by atoms with Crippen molar-refractivity contribution in [1.82, 2.24) is 0 Å². The molecule has 1 aliphatic carbocycles. The smallest absolute Gasteiger partial charge is 0.129 e. The Morgan fingerprint density at radius 3 is 2.47 bits per heavy atom. The first-order valence-corrected chi connectivity index (χ1v) is 7.90. The van der Waals surface area contributed by atoms with Crippen molar-refractivity contribution in [3.8, 4) is 0 Å². The zero-order valence-corrected chi connectivity index (χ0v) is 13.1. The monoisotopic (exact) mass is 330 g/mol. The molecule has 0 aliphatic heterocycles. The van der Waals surface area contributed by atoms with Gasteiger partial charge in [0.1, 0.15) is 11.6 Å². The Morgan fingerprint density at radius 2 is 1.89 bits per heavy atom. The summed E-state index contributed by atoms with van der Waals surface area (Å²) in [4.78, 5) is 0.134. The molecule has 1 aliphatic rings. The summed E-state index contributed by atoms with van der Waals surface area (Å²) in [6, 6.07) is 4.09. The normalized spacial score (nSPS) is 24.2. The van der Waals surface area contributed by atoms with Gasteiger partial charge in [0.2, 0.25) is 0 Å². The average Bonchev–Trinajstić information content (AvgIpc) is 2.33. The molecule has 1 aromatic rings. The number of hydrogen-bond donors (Lipinski definition) is 0. The van der Waals surface area contributed by atoms with E-state index in [1.807, 2.05) is 0 Å². The van der Waals surface area contributed by atoms with E-state index < -0.39 is 11.6 Å². The third kappa shape index (κ3) is 3.36. The van der Waals surface area contributed by atoms with Crippen LogP contribution in [0.3, 0.4) is 0 Å². The highest BCUT2D eigenvalue weighted by Crippen LogP contribution is 2.45. The molecule has 0 amide bonds. The van der Waals surface area contributed by atoms with E-state index in [0.29, 0.717) is 12.3 Å². The van der Waals surface area contributed by atoms with Crippen molar-refractivity contribution >= 4 is 15.9 Å². The van der Waals surface area contributed by atoms with Gasteiger partial charge in [-0.1, -0.05) is 48.7 Å². The largest absolute Gasteiger partial charge is 0.207 e. The molecular formula is C16H21BrF2. The van der Waals surface area contributed by atoms with E-state index in [1.54, 1.807) is 0 Å². The fraction of sp³-hybridized carbons (Fsp3) is 0.625. The first kappa shape index (κ1) is 15.0. The zero-order valence-electron chi connectivity index (χ0n) is 11.6. The summed E-state index contributed by atoms with van der Waals surface area (Å²) in [5.41, 5.74) is 0.458. The highest BCUT2D eigenvalue weighted by Gasteiger charge is 2.36. The van der Waals surface area contributed by atoms with Crippen molar-refractivity contribution in [2.24, 2.45) is 11.3 Å². The predicted octanol–water partition coefficient (Wildman–Crippen LogP) is 5.49. The molecule has 2 rings (SSSR count). The molecule has 1 aromatic carbocycles. The third-order valence-electron chi connectivity index (χ3n) is 4.49. The molecule has 19 heavy (non-hydrogen) atoms.